The van der Waals surface area contributed by atoms with Crippen molar-refractivity contribution in [3.63, 3.8) is 0 Å². The summed E-state index contributed by atoms with van der Waals surface area (Å²) in [6.07, 6.45) is 1.64. The van der Waals surface area contributed by atoms with Crippen LogP contribution in [0.15, 0.2) is 42.5 Å². The van der Waals surface area contributed by atoms with Crippen molar-refractivity contribution in [2.75, 3.05) is 13.6 Å². The third-order valence-corrected chi connectivity index (χ3v) is 5.42. The van der Waals surface area contributed by atoms with E-state index in [0.29, 0.717) is 12.0 Å². The Labute approximate surface area is 127 Å². The van der Waals surface area contributed by atoms with E-state index in [4.69, 9.17) is 0 Å². The van der Waals surface area contributed by atoms with E-state index in [0.717, 1.165) is 19.4 Å². The minimum absolute atomic E-state index is 0.327. The number of nitrogens with one attached hydrogen (secondary N) is 1. The molecular weight excluding hydrogens is 258 g/mol. The Morgan fingerprint density at radius 2 is 1.86 bits per heavy atom. The molecule has 1 heterocycles. The number of rotatable bonds is 2. The van der Waals surface area contributed by atoms with Crippen molar-refractivity contribution < 1.29 is 10.0 Å². The van der Waals surface area contributed by atoms with Gasteiger partial charge >= 0.3 is 0 Å². The molecular formula is C19H26NO+. The van der Waals surface area contributed by atoms with Crippen molar-refractivity contribution >= 4 is 10.8 Å². The van der Waals surface area contributed by atoms with Gasteiger partial charge in [0.2, 0.25) is 0 Å². The molecule has 0 radical (unpaired) electrons. The molecule has 0 bridgehead atoms. The maximum Gasteiger partial charge on any atom is 0.0872 e. The van der Waals surface area contributed by atoms with Crippen LogP contribution in [0.2, 0.25) is 0 Å². The molecule has 1 saturated heterocycles. The van der Waals surface area contributed by atoms with Gasteiger partial charge in [-0.1, -0.05) is 49.4 Å². The predicted octanol–water partition coefficient (Wildman–Crippen LogP) is 2.06. The summed E-state index contributed by atoms with van der Waals surface area (Å²) in [5.41, 5.74) is 0.692. The van der Waals surface area contributed by atoms with E-state index in [1.165, 1.54) is 21.2 Å². The van der Waals surface area contributed by atoms with E-state index < -0.39 is 5.60 Å². The van der Waals surface area contributed by atoms with Crippen molar-refractivity contribution in [1.82, 2.24) is 0 Å². The molecule has 0 aromatic heterocycles. The van der Waals surface area contributed by atoms with E-state index in [1.807, 2.05) is 0 Å². The first kappa shape index (κ1) is 14.6. The molecule has 0 aliphatic carbocycles. The highest BCUT2D eigenvalue weighted by atomic mass is 16.3. The second kappa shape index (κ2) is 5.43. The number of aliphatic hydroxyl groups is 1. The van der Waals surface area contributed by atoms with Gasteiger partial charge in [-0.05, 0) is 23.3 Å². The summed E-state index contributed by atoms with van der Waals surface area (Å²) in [5, 5.41) is 13.8. The quantitative estimate of drug-likeness (QED) is 0.867. The van der Waals surface area contributed by atoms with Crippen molar-refractivity contribution in [1.29, 1.82) is 0 Å². The lowest BCUT2D eigenvalue weighted by Crippen LogP contribution is -3.15. The zero-order valence-electron chi connectivity index (χ0n) is 13.3. The van der Waals surface area contributed by atoms with Gasteiger partial charge in [-0.25, -0.2) is 0 Å². The second-order valence-electron chi connectivity index (χ2n) is 6.98. The van der Waals surface area contributed by atoms with Crippen LogP contribution in [0.25, 0.3) is 10.8 Å². The van der Waals surface area contributed by atoms with Crippen LogP contribution in [-0.2, 0) is 6.42 Å². The number of benzene rings is 2. The number of likely N-dealkylation sites (tertiary alicyclic amines) is 1. The van der Waals surface area contributed by atoms with Crippen LogP contribution in [0.5, 0.6) is 0 Å². The Bertz CT molecular complexity index is 633. The maximum absolute atomic E-state index is 11.2. The summed E-state index contributed by atoms with van der Waals surface area (Å²) >= 11 is 0. The first-order valence-corrected chi connectivity index (χ1v) is 8.01. The van der Waals surface area contributed by atoms with Crippen molar-refractivity contribution in [3.05, 3.63) is 48.0 Å². The van der Waals surface area contributed by atoms with Crippen LogP contribution in [0.3, 0.4) is 0 Å². The summed E-state index contributed by atoms with van der Waals surface area (Å²) in [6, 6.07) is 15.4. The fraction of sp³-hybridized carbons (Fsp3) is 0.474. The SMILES string of the molecule is C[C@@H]1C[NH+](C)[C@@H](C)C[C@@]1(O)Cc1cccc2ccccc12. The van der Waals surface area contributed by atoms with E-state index >= 15 is 0 Å². The third kappa shape index (κ3) is 2.70. The minimum Gasteiger partial charge on any atom is -0.389 e. The lowest BCUT2D eigenvalue weighted by Gasteiger charge is -2.43. The number of hydrogen-bond donors (Lipinski definition) is 2. The molecule has 2 heteroatoms. The van der Waals surface area contributed by atoms with Crippen LogP contribution in [0.4, 0.5) is 0 Å². The molecule has 1 unspecified atom stereocenters. The maximum atomic E-state index is 11.2. The molecule has 21 heavy (non-hydrogen) atoms. The minimum atomic E-state index is -0.580. The van der Waals surface area contributed by atoms with Gasteiger partial charge in [0, 0.05) is 18.8 Å². The van der Waals surface area contributed by atoms with Crippen LogP contribution in [0, 0.1) is 5.92 Å². The molecule has 2 aromatic rings. The monoisotopic (exact) mass is 284 g/mol. The van der Waals surface area contributed by atoms with Gasteiger partial charge in [0.05, 0.1) is 25.2 Å². The number of quaternary nitrogens is 1. The zero-order chi connectivity index (χ0) is 15.0. The smallest absolute Gasteiger partial charge is 0.0872 e. The molecule has 2 N–H and O–H groups in total. The lowest BCUT2D eigenvalue weighted by molar-refractivity contribution is -0.916. The van der Waals surface area contributed by atoms with Crippen LogP contribution < -0.4 is 4.90 Å². The first-order chi connectivity index (χ1) is 9.99. The fourth-order valence-corrected chi connectivity index (χ4v) is 3.80. The van der Waals surface area contributed by atoms with E-state index in [1.54, 1.807) is 0 Å². The summed E-state index contributed by atoms with van der Waals surface area (Å²) in [5.74, 6) is 0.327. The van der Waals surface area contributed by atoms with Gasteiger partial charge in [-0.3, -0.25) is 0 Å². The van der Waals surface area contributed by atoms with Gasteiger partial charge < -0.3 is 10.0 Å². The number of piperidine rings is 1. The molecule has 4 atom stereocenters. The lowest BCUT2D eigenvalue weighted by atomic mass is 9.75. The van der Waals surface area contributed by atoms with Crippen molar-refractivity contribution in [2.24, 2.45) is 5.92 Å². The van der Waals surface area contributed by atoms with Gasteiger partial charge in [-0.15, -0.1) is 0 Å². The molecule has 0 spiro atoms. The Morgan fingerprint density at radius 3 is 2.67 bits per heavy atom. The van der Waals surface area contributed by atoms with Gasteiger partial charge in [0.1, 0.15) is 0 Å². The summed E-state index contributed by atoms with van der Waals surface area (Å²) < 4.78 is 0. The third-order valence-electron chi connectivity index (χ3n) is 5.42. The highest BCUT2D eigenvalue weighted by molar-refractivity contribution is 5.85. The van der Waals surface area contributed by atoms with E-state index in [9.17, 15) is 5.11 Å². The second-order valence-corrected chi connectivity index (χ2v) is 6.98. The zero-order valence-corrected chi connectivity index (χ0v) is 13.3. The van der Waals surface area contributed by atoms with Crippen LogP contribution >= 0.6 is 0 Å². The predicted molar refractivity (Wildman–Crippen MR) is 87.6 cm³/mol. The Balaban J connectivity index is 1.94. The van der Waals surface area contributed by atoms with Crippen LogP contribution in [0.1, 0.15) is 25.8 Å². The molecule has 1 aliphatic heterocycles. The Hall–Kier alpha value is -1.38. The first-order valence-electron chi connectivity index (χ1n) is 8.01. The largest absolute Gasteiger partial charge is 0.389 e. The van der Waals surface area contributed by atoms with Gasteiger partial charge in [0.25, 0.3) is 0 Å². The van der Waals surface area contributed by atoms with E-state index in [-0.39, 0.29) is 0 Å². The summed E-state index contributed by atoms with van der Waals surface area (Å²) in [6.45, 7) is 5.48. The highest BCUT2D eigenvalue weighted by Gasteiger charge is 2.43. The molecule has 112 valence electrons. The normalized spacial score (nSPS) is 33.2. The fourth-order valence-electron chi connectivity index (χ4n) is 3.80. The van der Waals surface area contributed by atoms with E-state index in [2.05, 4.69) is 63.4 Å². The topological polar surface area (TPSA) is 24.7 Å². The molecule has 0 saturated carbocycles. The van der Waals surface area contributed by atoms with Crippen molar-refractivity contribution in [2.45, 2.75) is 38.3 Å². The van der Waals surface area contributed by atoms with Crippen LogP contribution in [-0.4, -0.2) is 30.3 Å². The van der Waals surface area contributed by atoms with Gasteiger partial charge in [0.15, 0.2) is 0 Å². The Morgan fingerprint density at radius 1 is 1.14 bits per heavy atom. The Kier molecular flexibility index (Phi) is 3.76. The standard InChI is InChI=1S/C19H25NO/c1-14-13-20(3)15(2)11-19(14,21)12-17-9-6-8-16-7-4-5-10-18(16)17/h4-10,14-15,21H,11-13H2,1-3H3/p+1/t14-,15+,19-/m1/s1. The molecule has 0 amide bonds. The molecule has 2 nitrogen and oxygen atoms in total. The summed E-state index contributed by atoms with van der Waals surface area (Å²) in [4.78, 5) is 1.53. The number of fused-ring (bicyclic) bond motifs is 1. The molecule has 1 aliphatic rings. The van der Waals surface area contributed by atoms with Crippen molar-refractivity contribution in [3.8, 4) is 0 Å². The van der Waals surface area contributed by atoms with Gasteiger partial charge in [-0.2, -0.15) is 0 Å². The molecule has 2 aromatic carbocycles. The molecule has 3 rings (SSSR count). The average Bonchev–Trinajstić information content (AvgIpc) is 2.46. The number of hydrogen-bond acceptors (Lipinski definition) is 1. The average molecular weight is 284 g/mol. The highest BCUT2D eigenvalue weighted by Crippen LogP contribution is 2.31. The summed E-state index contributed by atoms with van der Waals surface area (Å²) in [7, 11) is 2.23. The molecule has 1 fully saturated rings.